The minimum Gasteiger partial charge on any atom is -0.444 e. The number of rotatable bonds is 2. The van der Waals surface area contributed by atoms with Gasteiger partial charge in [0.1, 0.15) is 11.2 Å². The van der Waals surface area contributed by atoms with Gasteiger partial charge < -0.3 is 19.3 Å². The predicted molar refractivity (Wildman–Crippen MR) is 187 cm³/mol. The molecule has 0 N–H and O–H groups in total. The third-order valence-corrected chi connectivity index (χ3v) is 9.88. The smallest absolute Gasteiger partial charge is 0.410 e. The fourth-order valence-electron chi connectivity index (χ4n) is 6.16. The molecule has 0 spiro atoms. The van der Waals surface area contributed by atoms with Gasteiger partial charge in [-0.3, -0.25) is 0 Å². The summed E-state index contributed by atoms with van der Waals surface area (Å²) in [5.74, 6) is 0.971. The lowest BCUT2D eigenvalue weighted by atomic mass is 9.90. The Morgan fingerprint density at radius 3 is 1.67 bits per heavy atom. The van der Waals surface area contributed by atoms with E-state index in [1.807, 2.05) is 69.0 Å². The number of ether oxygens (including phenoxy) is 2. The summed E-state index contributed by atoms with van der Waals surface area (Å²) in [6, 6.07) is 12.5. The van der Waals surface area contributed by atoms with Crippen molar-refractivity contribution in [2.45, 2.75) is 104 Å². The van der Waals surface area contributed by atoms with E-state index in [4.69, 9.17) is 10.8 Å². The van der Waals surface area contributed by atoms with Crippen LogP contribution in [0.5, 0.6) is 0 Å². The average Bonchev–Trinajstić information content (AvgIpc) is 3.60. The van der Waals surface area contributed by atoms with Gasteiger partial charge in [-0.1, -0.05) is 26.0 Å². The van der Waals surface area contributed by atoms with Crippen LogP contribution in [0.25, 0.3) is 20.4 Å². The van der Waals surface area contributed by atoms with Crippen LogP contribution < -0.4 is 0 Å². The summed E-state index contributed by atoms with van der Waals surface area (Å²) in [6.45, 7) is 17.2. The molecule has 0 unspecified atom stereocenters. The monoisotopic (exact) mass is 665 g/mol. The lowest BCUT2D eigenvalue weighted by molar-refractivity contribution is 0.00278. The first kappa shape index (κ1) is 32.7. The number of piperidine rings is 2. The lowest BCUT2D eigenvalue weighted by Crippen LogP contribution is -2.44. The maximum absolute atomic E-state index is 12.7. The van der Waals surface area contributed by atoms with Gasteiger partial charge in [0.05, 0.1) is 44.9 Å². The fraction of sp³-hybridized carbons (Fsp3) is 0.556. The molecule has 2 fully saturated rings. The molecule has 0 saturated carbocycles. The zero-order valence-electron chi connectivity index (χ0n) is 29.3. The summed E-state index contributed by atoms with van der Waals surface area (Å²) in [6.07, 6.45) is 3.63. The summed E-state index contributed by atoms with van der Waals surface area (Å²) in [5, 5.41) is 0. The van der Waals surface area contributed by atoms with Crippen LogP contribution in [0.1, 0.15) is 106 Å². The molecule has 8 nitrogen and oxygen atoms in total. The molecule has 2 aliphatic heterocycles. The van der Waals surface area contributed by atoms with Crippen molar-refractivity contribution >= 4 is 55.3 Å². The number of carbonyl (C=O) groups excluding carboxylic acids is 2. The van der Waals surface area contributed by atoms with Gasteiger partial charge >= 0.3 is 12.2 Å². The van der Waals surface area contributed by atoms with Gasteiger partial charge in [0.25, 0.3) is 0 Å². The number of hydrogen-bond donors (Lipinski definition) is 0. The minimum atomic E-state index is -0.499. The van der Waals surface area contributed by atoms with Crippen LogP contribution in [0.4, 0.5) is 9.59 Å². The van der Waals surface area contributed by atoms with E-state index in [1.165, 1.54) is 16.0 Å². The van der Waals surface area contributed by atoms with Gasteiger partial charge in [-0.15, -0.1) is 22.7 Å². The fourth-order valence-corrected chi connectivity index (χ4v) is 7.41. The van der Waals surface area contributed by atoms with Gasteiger partial charge in [0.2, 0.25) is 0 Å². The molecule has 2 saturated heterocycles. The summed E-state index contributed by atoms with van der Waals surface area (Å²) >= 11 is 3.01. The van der Waals surface area contributed by atoms with E-state index >= 15 is 0 Å². The molecule has 10 heteroatoms. The van der Waals surface area contributed by atoms with Crippen LogP contribution in [0.2, 0.25) is 0 Å². The Morgan fingerprint density at radius 2 is 1.20 bits per heavy atom. The van der Waals surface area contributed by atoms with Crippen LogP contribution >= 0.6 is 22.7 Å². The number of carbonyl (C=O) groups is 2. The molecule has 4 atom stereocenters. The van der Waals surface area contributed by atoms with Crippen LogP contribution in [0.15, 0.2) is 47.4 Å². The number of nitrogens with zero attached hydrogens (tertiary/aromatic N) is 4. The maximum atomic E-state index is 12.7. The van der Waals surface area contributed by atoms with Crippen molar-refractivity contribution in [1.29, 1.82) is 0 Å². The quantitative estimate of drug-likeness (QED) is 0.212. The molecule has 0 radical (unpaired) electrons. The second-order valence-electron chi connectivity index (χ2n) is 14.8. The molecule has 0 aliphatic carbocycles. The molecule has 2 aliphatic rings. The Balaban J connectivity index is 0.000000185. The first-order valence-corrected chi connectivity index (χ1v) is 18.0. The number of aromatic nitrogens is 2. The largest absolute Gasteiger partial charge is 0.444 e. The van der Waals surface area contributed by atoms with E-state index in [-0.39, 0.29) is 24.3 Å². The minimum absolute atomic E-state index is 0.0105. The van der Waals surface area contributed by atoms with Gasteiger partial charge in [-0.05, 0) is 114 Å². The van der Waals surface area contributed by atoms with E-state index in [0.29, 0.717) is 23.9 Å². The van der Waals surface area contributed by atoms with Crippen molar-refractivity contribution in [2.75, 3.05) is 13.1 Å². The van der Waals surface area contributed by atoms with E-state index in [9.17, 15) is 9.59 Å². The normalized spacial score (nSPS) is 22.7. The zero-order valence-corrected chi connectivity index (χ0v) is 30.0. The van der Waals surface area contributed by atoms with E-state index in [0.717, 1.165) is 59.1 Å². The molecule has 4 aromatic rings. The van der Waals surface area contributed by atoms with Crippen LogP contribution in [0.3, 0.4) is 0 Å². The standard InChI is InChI=1S/2C18H24N2O2S/c2*1-12-5-7-15(20(10-12)17(21)22-18(2,3)4)13-6-8-16-14(9-13)19-11-23-16/h2*6,8-9,11-12,15H,5,7,10H2,1-4H3/t2*12-,15+/m00/s1/i11D;. The maximum Gasteiger partial charge on any atom is 0.410 e. The van der Waals surface area contributed by atoms with Crippen LogP contribution in [-0.4, -0.2) is 56.2 Å². The van der Waals surface area contributed by atoms with E-state index in [2.05, 4.69) is 48.1 Å². The van der Waals surface area contributed by atoms with E-state index in [1.54, 1.807) is 11.3 Å². The summed E-state index contributed by atoms with van der Waals surface area (Å²) < 4.78 is 21.1. The Kier molecular flexibility index (Phi) is 9.85. The van der Waals surface area contributed by atoms with Crippen molar-refractivity contribution in [3.8, 4) is 0 Å². The highest BCUT2D eigenvalue weighted by Gasteiger charge is 2.35. The number of fused-ring (bicyclic) bond motifs is 2. The number of amides is 2. The molecular formula is C36H48N4O4S2. The van der Waals surface area contributed by atoms with Gasteiger partial charge in [0, 0.05) is 13.1 Å². The molecule has 2 amide bonds. The number of hydrogen-bond acceptors (Lipinski definition) is 8. The third kappa shape index (κ3) is 8.56. The van der Waals surface area contributed by atoms with Gasteiger partial charge in [-0.25, -0.2) is 19.6 Å². The molecule has 0 bridgehead atoms. The molecule has 4 heterocycles. The number of benzene rings is 2. The Hall–Kier alpha value is -3.24. The third-order valence-electron chi connectivity index (χ3n) is 8.32. The molecule has 2 aromatic heterocycles. The highest BCUT2D eigenvalue weighted by atomic mass is 32.1. The van der Waals surface area contributed by atoms with Gasteiger partial charge in [-0.2, -0.15) is 0 Å². The van der Waals surface area contributed by atoms with Crippen molar-refractivity contribution < 1.29 is 20.4 Å². The van der Waals surface area contributed by atoms with Crippen LogP contribution in [-0.2, 0) is 9.47 Å². The average molecular weight is 666 g/mol. The first-order chi connectivity index (χ1) is 22.1. The molecule has 6 rings (SSSR count). The Morgan fingerprint density at radius 1 is 0.739 bits per heavy atom. The second kappa shape index (κ2) is 13.9. The molecule has 46 heavy (non-hydrogen) atoms. The van der Waals surface area contributed by atoms with Crippen molar-refractivity contribution in [2.24, 2.45) is 11.8 Å². The summed E-state index contributed by atoms with van der Waals surface area (Å²) in [7, 11) is 0. The van der Waals surface area contributed by atoms with E-state index < -0.39 is 11.2 Å². The summed E-state index contributed by atoms with van der Waals surface area (Å²) in [5.41, 5.74) is 5.29. The van der Waals surface area contributed by atoms with Crippen LogP contribution in [0, 0.1) is 11.8 Å². The van der Waals surface area contributed by atoms with Crippen molar-refractivity contribution in [3.05, 3.63) is 58.5 Å². The number of likely N-dealkylation sites (tertiary alicyclic amines) is 2. The lowest BCUT2D eigenvalue weighted by Gasteiger charge is -2.39. The molecule has 2 aromatic carbocycles. The zero-order chi connectivity index (χ0) is 34.1. The highest BCUT2D eigenvalue weighted by Crippen LogP contribution is 2.37. The van der Waals surface area contributed by atoms with Crippen molar-refractivity contribution in [3.63, 3.8) is 0 Å². The Bertz CT molecular complexity index is 1710. The number of thiazole rings is 2. The van der Waals surface area contributed by atoms with Gasteiger partial charge in [0.15, 0.2) is 0 Å². The second-order valence-corrected chi connectivity index (χ2v) is 16.5. The summed E-state index contributed by atoms with van der Waals surface area (Å²) in [4.78, 5) is 37.7. The first-order valence-electron chi connectivity index (χ1n) is 16.8. The highest BCUT2D eigenvalue weighted by molar-refractivity contribution is 7.17. The topological polar surface area (TPSA) is 84.9 Å². The van der Waals surface area contributed by atoms with Crippen molar-refractivity contribution in [1.82, 2.24) is 19.8 Å². The Labute approximate surface area is 282 Å². The SMILES string of the molecule is C[C@H]1CC[C@H](c2ccc3scnc3c2)N(C(=O)OC(C)(C)C)C1.[2H]c1nc2cc([C@H]3CC[C@H](C)CN3C(=O)OC(C)(C)C)ccc2s1. The molecule has 248 valence electrons. The predicted octanol–water partition coefficient (Wildman–Crippen LogP) is 10.0. The molecular weight excluding hydrogens is 617 g/mol.